The third-order valence-electron chi connectivity index (χ3n) is 5.07. The largest absolute Gasteiger partial charge is 0.497 e. The number of nitrogens with zero attached hydrogens (tertiary/aromatic N) is 2. The summed E-state index contributed by atoms with van der Waals surface area (Å²) < 4.78 is 30.7. The number of ether oxygens (including phenoxy) is 3. The van der Waals surface area contributed by atoms with Crippen molar-refractivity contribution in [1.29, 1.82) is 0 Å². The third-order valence-corrected chi connectivity index (χ3v) is 5.07. The van der Waals surface area contributed by atoms with E-state index in [9.17, 15) is 4.39 Å². The van der Waals surface area contributed by atoms with E-state index in [4.69, 9.17) is 14.2 Å². The lowest BCUT2D eigenvalue weighted by molar-refractivity contribution is 0.122. The van der Waals surface area contributed by atoms with Gasteiger partial charge < -0.3 is 29.7 Å². The number of rotatable bonds is 8. The highest BCUT2D eigenvalue weighted by atomic mass is 19.1. The van der Waals surface area contributed by atoms with E-state index in [-0.39, 0.29) is 5.82 Å². The van der Waals surface area contributed by atoms with Crippen molar-refractivity contribution in [2.45, 2.75) is 20.0 Å². The standard InChI is InChI=1S/C23H31FN4O3/c1-4-25-23(27-16-18-6-7-19(29-2)14-22(18)30-3)26-15-17-5-8-21(20(24)13-17)28-9-11-31-12-10-28/h5-8,13-14H,4,9-12,15-16H2,1-3H3,(H2,25,26,27). The first kappa shape index (κ1) is 22.7. The van der Waals surface area contributed by atoms with Gasteiger partial charge in [-0.05, 0) is 36.8 Å². The molecule has 2 N–H and O–H groups in total. The van der Waals surface area contributed by atoms with E-state index in [0.29, 0.717) is 51.0 Å². The van der Waals surface area contributed by atoms with E-state index in [1.165, 1.54) is 0 Å². The second kappa shape index (κ2) is 11.4. The molecule has 0 saturated carbocycles. The highest BCUT2D eigenvalue weighted by molar-refractivity contribution is 5.79. The van der Waals surface area contributed by atoms with Gasteiger partial charge >= 0.3 is 0 Å². The average Bonchev–Trinajstić information content (AvgIpc) is 2.81. The van der Waals surface area contributed by atoms with Crippen LogP contribution in [0.3, 0.4) is 0 Å². The summed E-state index contributed by atoms with van der Waals surface area (Å²) in [4.78, 5) is 6.61. The van der Waals surface area contributed by atoms with E-state index < -0.39 is 0 Å². The average molecular weight is 431 g/mol. The number of benzene rings is 2. The lowest BCUT2D eigenvalue weighted by Crippen LogP contribution is -2.37. The van der Waals surface area contributed by atoms with Crippen molar-refractivity contribution < 1.29 is 18.6 Å². The predicted molar refractivity (Wildman–Crippen MR) is 121 cm³/mol. The summed E-state index contributed by atoms with van der Waals surface area (Å²) in [5, 5.41) is 6.52. The van der Waals surface area contributed by atoms with Crippen LogP contribution in [-0.2, 0) is 17.8 Å². The molecule has 0 atom stereocenters. The Labute approximate surface area is 183 Å². The molecule has 0 amide bonds. The monoisotopic (exact) mass is 430 g/mol. The number of hydrogen-bond acceptors (Lipinski definition) is 5. The fourth-order valence-electron chi connectivity index (χ4n) is 3.40. The summed E-state index contributed by atoms with van der Waals surface area (Å²) >= 11 is 0. The van der Waals surface area contributed by atoms with Crippen LogP contribution in [0.25, 0.3) is 0 Å². The van der Waals surface area contributed by atoms with E-state index >= 15 is 0 Å². The Kier molecular flexibility index (Phi) is 8.35. The van der Waals surface area contributed by atoms with Crippen LogP contribution < -0.4 is 25.0 Å². The number of halogens is 1. The maximum atomic E-state index is 14.6. The Bertz CT molecular complexity index is 885. The first-order valence-electron chi connectivity index (χ1n) is 10.5. The predicted octanol–water partition coefficient (Wildman–Crippen LogP) is 2.93. The van der Waals surface area contributed by atoms with Crippen molar-refractivity contribution in [3.05, 3.63) is 53.3 Å². The third kappa shape index (κ3) is 6.24. The Hall–Kier alpha value is -3.00. The molecule has 7 nitrogen and oxygen atoms in total. The quantitative estimate of drug-likeness (QED) is 0.496. The van der Waals surface area contributed by atoms with Gasteiger partial charge in [0.1, 0.15) is 17.3 Å². The van der Waals surface area contributed by atoms with Gasteiger partial charge in [-0.3, -0.25) is 0 Å². The number of morpholine rings is 1. The molecule has 0 aliphatic carbocycles. The molecule has 0 aromatic heterocycles. The smallest absolute Gasteiger partial charge is 0.191 e. The van der Waals surface area contributed by atoms with Crippen molar-refractivity contribution in [2.24, 2.45) is 4.99 Å². The number of aliphatic imine (C=N–C) groups is 1. The van der Waals surface area contributed by atoms with Crippen LogP contribution >= 0.6 is 0 Å². The van der Waals surface area contributed by atoms with Gasteiger partial charge in [-0.25, -0.2) is 9.38 Å². The summed E-state index contributed by atoms with van der Waals surface area (Å²) in [5.41, 5.74) is 2.41. The molecule has 2 aromatic carbocycles. The Balaban J connectivity index is 1.65. The zero-order chi connectivity index (χ0) is 22.1. The number of guanidine groups is 1. The van der Waals surface area contributed by atoms with Crippen LogP contribution in [0.4, 0.5) is 10.1 Å². The van der Waals surface area contributed by atoms with E-state index in [2.05, 4.69) is 15.6 Å². The number of anilines is 1. The second-order valence-electron chi connectivity index (χ2n) is 7.11. The van der Waals surface area contributed by atoms with Crippen LogP contribution in [0.1, 0.15) is 18.1 Å². The summed E-state index contributed by atoms with van der Waals surface area (Å²) in [6.45, 7) is 6.29. The normalized spacial score (nSPS) is 14.3. The van der Waals surface area contributed by atoms with Gasteiger partial charge in [-0.1, -0.05) is 6.07 Å². The highest BCUT2D eigenvalue weighted by Gasteiger charge is 2.15. The molecule has 31 heavy (non-hydrogen) atoms. The summed E-state index contributed by atoms with van der Waals surface area (Å²) in [5.74, 6) is 1.90. The van der Waals surface area contributed by atoms with Gasteiger partial charge in [0.15, 0.2) is 5.96 Å². The van der Waals surface area contributed by atoms with Crippen molar-refractivity contribution in [2.75, 3.05) is 52.0 Å². The molecule has 168 valence electrons. The molecule has 1 aliphatic rings. The van der Waals surface area contributed by atoms with E-state index in [1.54, 1.807) is 20.3 Å². The molecule has 8 heteroatoms. The second-order valence-corrected chi connectivity index (χ2v) is 7.11. The fourth-order valence-corrected chi connectivity index (χ4v) is 3.40. The van der Waals surface area contributed by atoms with Gasteiger partial charge in [-0.2, -0.15) is 0 Å². The molecule has 3 rings (SSSR count). The Morgan fingerprint density at radius 2 is 1.90 bits per heavy atom. The lowest BCUT2D eigenvalue weighted by Gasteiger charge is -2.29. The molecule has 1 fully saturated rings. The number of methoxy groups -OCH3 is 2. The molecule has 0 spiro atoms. The molecule has 1 aliphatic heterocycles. The van der Waals surface area contributed by atoms with Gasteiger partial charge in [0.05, 0.1) is 39.7 Å². The number of hydrogen-bond donors (Lipinski definition) is 2. The molecular weight excluding hydrogens is 399 g/mol. The van der Waals surface area contributed by atoms with Crippen LogP contribution in [0.5, 0.6) is 11.5 Å². The summed E-state index contributed by atoms with van der Waals surface area (Å²) in [6.07, 6.45) is 0. The minimum Gasteiger partial charge on any atom is -0.497 e. The zero-order valence-corrected chi connectivity index (χ0v) is 18.4. The molecule has 0 bridgehead atoms. The molecule has 0 unspecified atom stereocenters. The highest BCUT2D eigenvalue weighted by Crippen LogP contribution is 2.24. The fraction of sp³-hybridized carbons (Fsp3) is 0.435. The SMILES string of the molecule is CCNC(=NCc1ccc(N2CCOCC2)c(F)c1)NCc1ccc(OC)cc1OC. The molecule has 2 aromatic rings. The van der Waals surface area contributed by atoms with Crippen LogP contribution in [0, 0.1) is 5.82 Å². The Morgan fingerprint density at radius 1 is 1.10 bits per heavy atom. The first-order chi connectivity index (χ1) is 15.1. The maximum absolute atomic E-state index is 14.6. The van der Waals surface area contributed by atoms with Gasteiger partial charge in [-0.15, -0.1) is 0 Å². The minimum atomic E-state index is -0.226. The van der Waals surface area contributed by atoms with Crippen molar-refractivity contribution in [1.82, 2.24) is 10.6 Å². The van der Waals surface area contributed by atoms with Gasteiger partial charge in [0.25, 0.3) is 0 Å². The van der Waals surface area contributed by atoms with Crippen LogP contribution in [-0.4, -0.2) is 53.0 Å². The van der Waals surface area contributed by atoms with Gasteiger partial charge in [0, 0.05) is 37.8 Å². The molecular formula is C23H31FN4O3. The van der Waals surface area contributed by atoms with Gasteiger partial charge in [0.2, 0.25) is 0 Å². The van der Waals surface area contributed by atoms with Crippen molar-refractivity contribution in [3.63, 3.8) is 0 Å². The molecule has 1 heterocycles. The topological polar surface area (TPSA) is 67.4 Å². The first-order valence-corrected chi connectivity index (χ1v) is 10.5. The Morgan fingerprint density at radius 3 is 2.58 bits per heavy atom. The van der Waals surface area contributed by atoms with Crippen molar-refractivity contribution >= 4 is 11.6 Å². The minimum absolute atomic E-state index is 0.226. The summed E-state index contributed by atoms with van der Waals surface area (Å²) in [7, 11) is 3.26. The van der Waals surface area contributed by atoms with E-state index in [1.807, 2.05) is 42.2 Å². The van der Waals surface area contributed by atoms with Crippen LogP contribution in [0.15, 0.2) is 41.4 Å². The zero-order valence-electron chi connectivity index (χ0n) is 18.4. The van der Waals surface area contributed by atoms with Crippen molar-refractivity contribution in [3.8, 4) is 11.5 Å². The molecule has 0 radical (unpaired) electrons. The number of nitrogens with one attached hydrogen (secondary N) is 2. The van der Waals surface area contributed by atoms with E-state index in [0.717, 1.165) is 29.2 Å². The lowest BCUT2D eigenvalue weighted by atomic mass is 10.1. The van der Waals surface area contributed by atoms with Crippen LogP contribution in [0.2, 0.25) is 0 Å². The summed E-state index contributed by atoms with van der Waals surface area (Å²) in [6, 6.07) is 11.0. The maximum Gasteiger partial charge on any atom is 0.191 e. The molecule has 1 saturated heterocycles.